The molecule has 0 fully saturated rings. The van der Waals surface area contributed by atoms with Gasteiger partial charge in [-0.15, -0.1) is 12.4 Å². The van der Waals surface area contributed by atoms with Crippen LogP contribution in [0.15, 0.2) is 18.2 Å². The Hall–Kier alpha value is -1.54. The van der Waals surface area contributed by atoms with E-state index in [1.165, 1.54) is 6.92 Å². The van der Waals surface area contributed by atoms with Crippen LogP contribution >= 0.6 is 12.4 Å². The number of rotatable bonds is 5. The average Bonchev–Trinajstić information content (AvgIpc) is 2.35. The van der Waals surface area contributed by atoms with Crippen LogP contribution in [0.4, 0.5) is 23.2 Å². The fourth-order valence-corrected chi connectivity index (χ4v) is 1.25. The minimum atomic E-state index is -4.53. The molecule has 0 spiro atoms. The van der Waals surface area contributed by atoms with Crippen molar-refractivity contribution in [2.24, 2.45) is 11.7 Å². The molecule has 1 aromatic rings. The molecular weight excluding hydrogens is 316 g/mol. The van der Waals surface area contributed by atoms with E-state index in [0.717, 1.165) is 18.2 Å². The summed E-state index contributed by atoms with van der Waals surface area (Å²) in [6.45, 7) is 0.0543. The molecule has 1 atom stereocenters. The third kappa shape index (κ3) is 6.63. The van der Waals surface area contributed by atoms with Crippen LogP contribution in [0.2, 0.25) is 0 Å². The summed E-state index contributed by atoms with van der Waals surface area (Å²) in [6, 6.07) is 2.84. The summed E-state index contributed by atoms with van der Waals surface area (Å²) in [5.41, 5.74) is 5.13. The second-order valence-electron chi connectivity index (χ2n) is 4.17. The van der Waals surface area contributed by atoms with E-state index in [4.69, 9.17) is 5.73 Å². The number of benzene rings is 1. The Kier molecular flexibility index (Phi) is 7.45. The standard InChI is InChI=1S/C12H14F4N2O2.ClH/c1-7(5-17)11(19)18-9-4-8(13)2-3-10(9)20-6-12(14,15)16;/h2-4,7H,5-6,17H2,1H3,(H,18,19);1H. The second-order valence-corrected chi connectivity index (χ2v) is 4.17. The molecule has 0 bridgehead atoms. The molecule has 1 rings (SSSR count). The highest BCUT2D eigenvalue weighted by Gasteiger charge is 2.29. The summed E-state index contributed by atoms with van der Waals surface area (Å²) in [5.74, 6) is -2.06. The fraction of sp³-hybridized carbons (Fsp3) is 0.417. The Morgan fingerprint density at radius 1 is 1.43 bits per heavy atom. The van der Waals surface area contributed by atoms with Crippen molar-refractivity contribution in [2.45, 2.75) is 13.1 Å². The summed E-state index contributed by atoms with van der Waals surface area (Å²) in [4.78, 5) is 11.6. The molecule has 9 heteroatoms. The van der Waals surface area contributed by atoms with Crippen molar-refractivity contribution in [3.8, 4) is 5.75 Å². The molecule has 0 aromatic heterocycles. The van der Waals surface area contributed by atoms with Gasteiger partial charge in [0.1, 0.15) is 11.6 Å². The number of hydrogen-bond donors (Lipinski definition) is 2. The lowest BCUT2D eigenvalue weighted by atomic mass is 10.1. The minimum absolute atomic E-state index is 0. The zero-order valence-corrected chi connectivity index (χ0v) is 11.9. The summed E-state index contributed by atoms with van der Waals surface area (Å²) in [6.07, 6.45) is -4.53. The van der Waals surface area contributed by atoms with Gasteiger partial charge in [0.25, 0.3) is 0 Å². The summed E-state index contributed by atoms with van der Waals surface area (Å²) < 4.78 is 53.9. The predicted molar refractivity (Wildman–Crippen MR) is 72.0 cm³/mol. The zero-order valence-electron chi connectivity index (χ0n) is 11.0. The molecule has 120 valence electrons. The number of halogens is 5. The zero-order chi connectivity index (χ0) is 15.3. The molecule has 21 heavy (non-hydrogen) atoms. The van der Waals surface area contributed by atoms with Crippen molar-refractivity contribution >= 4 is 24.0 Å². The van der Waals surface area contributed by atoms with Crippen LogP contribution in [-0.2, 0) is 4.79 Å². The summed E-state index contributed by atoms with van der Waals surface area (Å²) in [5, 5.41) is 2.29. The molecule has 0 heterocycles. The normalized spacial score (nSPS) is 12.3. The molecule has 0 aliphatic carbocycles. The molecule has 0 aliphatic heterocycles. The number of nitrogens with one attached hydrogen (secondary N) is 1. The first kappa shape index (κ1) is 19.5. The van der Waals surface area contributed by atoms with Crippen LogP contribution in [-0.4, -0.2) is 25.2 Å². The Labute approximate surface area is 125 Å². The Bertz CT molecular complexity index is 483. The Balaban J connectivity index is 0.00000400. The van der Waals surface area contributed by atoms with E-state index in [-0.39, 0.29) is 30.4 Å². The van der Waals surface area contributed by atoms with E-state index < -0.39 is 30.4 Å². The van der Waals surface area contributed by atoms with Crippen molar-refractivity contribution in [3.05, 3.63) is 24.0 Å². The number of nitrogens with two attached hydrogens (primary N) is 1. The maximum atomic E-state index is 13.1. The number of alkyl halides is 3. The lowest BCUT2D eigenvalue weighted by Gasteiger charge is -2.15. The first-order valence-electron chi connectivity index (χ1n) is 5.73. The van der Waals surface area contributed by atoms with Gasteiger partial charge in [-0.3, -0.25) is 4.79 Å². The van der Waals surface area contributed by atoms with Crippen molar-refractivity contribution in [2.75, 3.05) is 18.5 Å². The van der Waals surface area contributed by atoms with E-state index >= 15 is 0 Å². The van der Waals surface area contributed by atoms with Gasteiger partial charge in [-0.05, 0) is 12.1 Å². The van der Waals surface area contributed by atoms with E-state index in [2.05, 4.69) is 10.1 Å². The minimum Gasteiger partial charge on any atom is -0.482 e. The number of carbonyl (C=O) groups excluding carboxylic acids is 1. The molecule has 1 aromatic carbocycles. The quantitative estimate of drug-likeness (QED) is 0.816. The molecule has 4 nitrogen and oxygen atoms in total. The lowest BCUT2D eigenvalue weighted by molar-refractivity contribution is -0.153. The lowest BCUT2D eigenvalue weighted by Crippen LogP contribution is -2.27. The van der Waals surface area contributed by atoms with Crippen LogP contribution in [0, 0.1) is 11.7 Å². The first-order chi connectivity index (χ1) is 9.23. The average molecular weight is 331 g/mol. The van der Waals surface area contributed by atoms with Crippen molar-refractivity contribution in [3.63, 3.8) is 0 Å². The van der Waals surface area contributed by atoms with Crippen LogP contribution in [0.3, 0.4) is 0 Å². The van der Waals surface area contributed by atoms with Crippen LogP contribution in [0.1, 0.15) is 6.92 Å². The van der Waals surface area contributed by atoms with Crippen molar-refractivity contribution < 1.29 is 27.1 Å². The predicted octanol–water partition coefficient (Wildman–Crippen LogP) is 2.72. The monoisotopic (exact) mass is 330 g/mol. The van der Waals surface area contributed by atoms with Crippen molar-refractivity contribution in [1.29, 1.82) is 0 Å². The van der Waals surface area contributed by atoms with E-state index in [1.807, 2.05) is 0 Å². The third-order valence-electron chi connectivity index (χ3n) is 2.39. The van der Waals surface area contributed by atoms with Gasteiger partial charge in [0.05, 0.1) is 5.69 Å². The van der Waals surface area contributed by atoms with Crippen LogP contribution in [0.5, 0.6) is 5.75 Å². The molecule has 0 radical (unpaired) electrons. The molecule has 1 unspecified atom stereocenters. The fourth-order valence-electron chi connectivity index (χ4n) is 1.25. The van der Waals surface area contributed by atoms with E-state index in [0.29, 0.717) is 0 Å². The second kappa shape index (κ2) is 8.04. The highest BCUT2D eigenvalue weighted by molar-refractivity contribution is 5.93. The third-order valence-corrected chi connectivity index (χ3v) is 2.39. The van der Waals surface area contributed by atoms with Gasteiger partial charge in [-0.2, -0.15) is 13.2 Å². The SMILES string of the molecule is CC(CN)C(=O)Nc1cc(F)ccc1OCC(F)(F)F.Cl. The van der Waals surface area contributed by atoms with Gasteiger partial charge in [-0.25, -0.2) is 4.39 Å². The van der Waals surface area contributed by atoms with E-state index in [1.54, 1.807) is 0 Å². The molecule has 0 aliphatic rings. The molecule has 1 amide bonds. The molecular formula is C12H15ClF4N2O2. The maximum absolute atomic E-state index is 13.1. The number of anilines is 1. The van der Waals surface area contributed by atoms with Gasteiger partial charge >= 0.3 is 6.18 Å². The molecule has 0 saturated carbocycles. The number of hydrogen-bond acceptors (Lipinski definition) is 3. The number of carbonyl (C=O) groups is 1. The largest absolute Gasteiger partial charge is 0.482 e. The number of ether oxygens (including phenoxy) is 1. The van der Waals surface area contributed by atoms with Gasteiger partial charge < -0.3 is 15.8 Å². The Morgan fingerprint density at radius 3 is 2.57 bits per heavy atom. The van der Waals surface area contributed by atoms with Gasteiger partial charge in [0.15, 0.2) is 6.61 Å². The van der Waals surface area contributed by atoms with Gasteiger partial charge in [0, 0.05) is 18.5 Å². The smallest absolute Gasteiger partial charge is 0.422 e. The van der Waals surface area contributed by atoms with E-state index in [9.17, 15) is 22.4 Å². The topological polar surface area (TPSA) is 64.4 Å². The first-order valence-corrected chi connectivity index (χ1v) is 5.73. The summed E-state index contributed by atoms with van der Waals surface area (Å²) >= 11 is 0. The van der Waals surface area contributed by atoms with Crippen LogP contribution in [0.25, 0.3) is 0 Å². The number of amides is 1. The highest BCUT2D eigenvalue weighted by atomic mass is 35.5. The summed E-state index contributed by atoms with van der Waals surface area (Å²) in [7, 11) is 0. The highest BCUT2D eigenvalue weighted by Crippen LogP contribution is 2.27. The van der Waals surface area contributed by atoms with Crippen LogP contribution < -0.4 is 15.8 Å². The Morgan fingerprint density at radius 2 is 2.05 bits per heavy atom. The van der Waals surface area contributed by atoms with Gasteiger partial charge in [0.2, 0.25) is 5.91 Å². The van der Waals surface area contributed by atoms with Gasteiger partial charge in [-0.1, -0.05) is 6.92 Å². The maximum Gasteiger partial charge on any atom is 0.422 e. The van der Waals surface area contributed by atoms with Crippen molar-refractivity contribution in [1.82, 2.24) is 0 Å². The molecule has 0 saturated heterocycles. The molecule has 3 N–H and O–H groups in total.